The molecule has 1 aromatic rings. The number of ketones is 1. The van der Waals surface area contributed by atoms with Crippen LogP contribution in [0.2, 0.25) is 0 Å². The number of pyridine rings is 1. The molecule has 0 fully saturated rings. The largest absolute Gasteiger partial charge is 0.480 e. The SMILES string of the molecule is C[C@H](CC(=O)[C@H](C)NC(=O)Cc1ccncc1)C(=O)N[C@@H](CC(N)=O)C(=O)O. The van der Waals surface area contributed by atoms with Crippen LogP contribution in [0, 0.1) is 5.92 Å². The lowest BCUT2D eigenvalue weighted by Gasteiger charge is -2.18. The van der Waals surface area contributed by atoms with Gasteiger partial charge in [0.05, 0.1) is 18.9 Å². The van der Waals surface area contributed by atoms with Crippen LogP contribution in [0.5, 0.6) is 0 Å². The van der Waals surface area contributed by atoms with Gasteiger partial charge in [-0.15, -0.1) is 0 Å². The van der Waals surface area contributed by atoms with E-state index in [0.29, 0.717) is 0 Å². The zero-order chi connectivity index (χ0) is 21.3. The van der Waals surface area contributed by atoms with E-state index in [1.165, 1.54) is 13.8 Å². The first-order valence-electron chi connectivity index (χ1n) is 8.62. The summed E-state index contributed by atoms with van der Waals surface area (Å²) in [4.78, 5) is 62.1. The lowest BCUT2D eigenvalue weighted by Crippen LogP contribution is -2.46. The normalized spacial score (nSPS) is 13.6. The van der Waals surface area contributed by atoms with Gasteiger partial charge in [0.1, 0.15) is 6.04 Å². The molecule has 28 heavy (non-hydrogen) atoms. The van der Waals surface area contributed by atoms with Gasteiger partial charge in [-0.05, 0) is 24.6 Å². The Balaban J connectivity index is 2.52. The standard InChI is InChI=1S/C18H24N4O6/c1-10(17(26)22-13(18(27)28)9-15(19)24)7-14(23)11(2)21-16(25)8-12-3-5-20-6-4-12/h3-6,10-11,13H,7-9H2,1-2H3,(H2,19,24)(H,21,25)(H,22,26)(H,27,28)/t10-,11+,13+/m1/s1. The molecule has 5 N–H and O–H groups in total. The van der Waals surface area contributed by atoms with Crippen molar-refractivity contribution in [3.05, 3.63) is 30.1 Å². The number of aromatic nitrogens is 1. The summed E-state index contributed by atoms with van der Waals surface area (Å²) in [5, 5.41) is 13.7. The van der Waals surface area contributed by atoms with Crippen LogP contribution in [-0.4, -0.2) is 51.6 Å². The van der Waals surface area contributed by atoms with Crippen molar-refractivity contribution in [3.8, 4) is 0 Å². The number of nitrogens with zero attached hydrogens (tertiary/aromatic N) is 1. The van der Waals surface area contributed by atoms with E-state index in [-0.39, 0.29) is 24.5 Å². The summed E-state index contributed by atoms with van der Waals surface area (Å²) in [6.45, 7) is 2.95. The third-order valence-corrected chi connectivity index (χ3v) is 3.95. The highest BCUT2D eigenvalue weighted by atomic mass is 16.4. The minimum Gasteiger partial charge on any atom is -0.480 e. The van der Waals surface area contributed by atoms with Crippen molar-refractivity contribution in [2.24, 2.45) is 11.7 Å². The number of carbonyl (C=O) groups is 5. The summed E-state index contributed by atoms with van der Waals surface area (Å²) in [6, 6.07) is 1.10. The Bertz CT molecular complexity index is 737. The number of amides is 3. The Kier molecular flexibility index (Phi) is 8.73. The van der Waals surface area contributed by atoms with E-state index in [4.69, 9.17) is 10.8 Å². The Morgan fingerprint density at radius 3 is 2.21 bits per heavy atom. The van der Waals surface area contributed by atoms with Gasteiger partial charge in [-0.2, -0.15) is 0 Å². The van der Waals surface area contributed by atoms with Crippen molar-refractivity contribution in [3.63, 3.8) is 0 Å². The third-order valence-electron chi connectivity index (χ3n) is 3.95. The van der Waals surface area contributed by atoms with Crippen molar-refractivity contribution in [1.29, 1.82) is 0 Å². The maximum absolute atomic E-state index is 12.2. The fourth-order valence-corrected chi connectivity index (χ4v) is 2.35. The molecule has 1 heterocycles. The summed E-state index contributed by atoms with van der Waals surface area (Å²) in [5.41, 5.74) is 5.70. The number of primary amides is 1. The van der Waals surface area contributed by atoms with E-state index in [1.54, 1.807) is 24.5 Å². The fourth-order valence-electron chi connectivity index (χ4n) is 2.35. The van der Waals surface area contributed by atoms with Crippen LogP contribution in [0.15, 0.2) is 24.5 Å². The van der Waals surface area contributed by atoms with Gasteiger partial charge >= 0.3 is 5.97 Å². The molecule has 0 aromatic carbocycles. The predicted molar refractivity (Wildman–Crippen MR) is 97.7 cm³/mol. The lowest BCUT2D eigenvalue weighted by molar-refractivity contribution is -0.144. The number of Topliss-reactive ketones (excluding diaryl/α,β-unsaturated/α-hetero) is 1. The summed E-state index contributed by atoms with van der Waals surface area (Å²) in [5.74, 6) is -4.55. The zero-order valence-electron chi connectivity index (χ0n) is 15.7. The number of carboxylic acids is 1. The van der Waals surface area contributed by atoms with Crippen LogP contribution in [0.25, 0.3) is 0 Å². The second kappa shape index (κ2) is 10.8. The number of nitrogens with two attached hydrogens (primary N) is 1. The number of aliphatic carboxylic acids is 1. The van der Waals surface area contributed by atoms with E-state index in [1.807, 2.05) is 0 Å². The van der Waals surface area contributed by atoms with Gasteiger partial charge in [-0.1, -0.05) is 6.92 Å². The molecule has 1 rings (SSSR count). The smallest absolute Gasteiger partial charge is 0.326 e. The molecule has 0 bridgehead atoms. The van der Waals surface area contributed by atoms with Crippen LogP contribution in [0.4, 0.5) is 0 Å². The highest BCUT2D eigenvalue weighted by molar-refractivity contribution is 5.94. The molecule has 0 saturated heterocycles. The number of rotatable bonds is 11. The molecular formula is C18H24N4O6. The Hall–Kier alpha value is -3.30. The first-order chi connectivity index (χ1) is 13.1. The average molecular weight is 392 g/mol. The Morgan fingerprint density at radius 2 is 1.68 bits per heavy atom. The maximum Gasteiger partial charge on any atom is 0.326 e. The summed E-state index contributed by atoms with van der Waals surface area (Å²) in [6.07, 6.45) is 2.44. The molecule has 3 amide bonds. The number of hydrogen-bond acceptors (Lipinski definition) is 6. The molecule has 1 aromatic heterocycles. The van der Waals surface area contributed by atoms with Crippen LogP contribution in [-0.2, 0) is 30.4 Å². The second-order valence-electron chi connectivity index (χ2n) is 6.46. The van der Waals surface area contributed by atoms with Gasteiger partial charge in [0.2, 0.25) is 17.7 Å². The Morgan fingerprint density at radius 1 is 1.07 bits per heavy atom. The van der Waals surface area contributed by atoms with Gasteiger partial charge in [0, 0.05) is 24.7 Å². The van der Waals surface area contributed by atoms with Crippen LogP contribution >= 0.6 is 0 Å². The van der Waals surface area contributed by atoms with E-state index in [2.05, 4.69) is 15.6 Å². The molecule has 0 unspecified atom stereocenters. The van der Waals surface area contributed by atoms with Gasteiger partial charge < -0.3 is 21.5 Å². The molecule has 0 saturated carbocycles. The van der Waals surface area contributed by atoms with Crippen molar-refractivity contribution in [2.75, 3.05) is 0 Å². The van der Waals surface area contributed by atoms with E-state index < -0.39 is 42.2 Å². The highest BCUT2D eigenvalue weighted by Gasteiger charge is 2.27. The molecular weight excluding hydrogens is 368 g/mol. The van der Waals surface area contributed by atoms with E-state index in [9.17, 15) is 24.0 Å². The fraction of sp³-hybridized carbons (Fsp3) is 0.444. The van der Waals surface area contributed by atoms with Crippen LogP contribution in [0.1, 0.15) is 32.3 Å². The first kappa shape index (κ1) is 22.7. The van der Waals surface area contributed by atoms with Crippen molar-refractivity contribution < 1.29 is 29.1 Å². The topological polar surface area (TPSA) is 169 Å². The predicted octanol–water partition coefficient (Wildman–Crippen LogP) is -0.831. The first-order valence-corrected chi connectivity index (χ1v) is 8.62. The molecule has 10 heteroatoms. The van der Waals surface area contributed by atoms with Gasteiger partial charge in [0.15, 0.2) is 5.78 Å². The quantitative estimate of drug-likeness (QED) is 0.381. The second-order valence-corrected chi connectivity index (χ2v) is 6.46. The van der Waals surface area contributed by atoms with E-state index >= 15 is 0 Å². The van der Waals surface area contributed by atoms with Crippen LogP contribution in [0.3, 0.4) is 0 Å². The van der Waals surface area contributed by atoms with Crippen molar-refractivity contribution >= 4 is 29.5 Å². The molecule has 3 atom stereocenters. The monoisotopic (exact) mass is 392 g/mol. The number of carboxylic acid groups (broad SMARTS) is 1. The third kappa shape index (κ3) is 7.94. The molecule has 0 aliphatic heterocycles. The highest BCUT2D eigenvalue weighted by Crippen LogP contribution is 2.07. The maximum atomic E-state index is 12.2. The zero-order valence-corrected chi connectivity index (χ0v) is 15.7. The average Bonchev–Trinajstić information content (AvgIpc) is 2.61. The number of hydrogen-bond donors (Lipinski definition) is 4. The summed E-state index contributed by atoms with van der Waals surface area (Å²) >= 11 is 0. The lowest BCUT2D eigenvalue weighted by atomic mass is 9.99. The Labute approximate surface area is 161 Å². The van der Waals surface area contributed by atoms with Gasteiger partial charge in [-0.3, -0.25) is 24.2 Å². The molecule has 0 spiro atoms. The van der Waals surface area contributed by atoms with E-state index in [0.717, 1.165) is 5.56 Å². The van der Waals surface area contributed by atoms with Gasteiger partial charge in [0.25, 0.3) is 0 Å². The summed E-state index contributed by atoms with van der Waals surface area (Å²) < 4.78 is 0. The molecule has 10 nitrogen and oxygen atoms in total. The minimum atomic E-state index is -1.46. The van der Waals surface area contributed by atoms with Crippen LogP contribution < -0.4 is 16.4 Å². The molecule has 0 aliphatic rings. The van der Waals surface area contributed by atoms with Gasteiger partial charge in [-0.25, -0.2) is 4.79 Å². The molecule has 0 radical (unpaired) electrons. The minimum absolute atomic E-state index is 0.0869. The molecule has 152 valence electrons. The van der Waals surface area contributed by atoms with Crippen molar-refractivity contribution in [2.45, 2.75) is 45.2 Å². The number of carbonyl (C=O) groups excluding carboxylic acids is 4. The summed E-state index contributed by atoms with van der Waals surface area (Å²) in [7, 11) is 0. The number of nitrogens with one attached hydrogen (secondary N) is 2. The van der Waals surface area contributed by atoms with Crippen molar-refractivity contribution in [1.82, 2.24) is 15.6 Å². The molecule has 0 aliphatic carbocycles.